The minimum absolute atomic E-state index is 0.0638. The van der Waals surface area contributed by atoms with Gasteiger partial charge < -0.3 is 9.88 Å². The molecular weight excluding hydrogens is 291 g/mol. The molecule has 1 heterocycles. The van der Waals surface area contributed by atoms with E-state index >= 15 is 0 Å². The third-order valence-corrected chi connectivity index (χ3v) is 4.77. The normalized spacial score (nSPS) is 15.6. The molecule has 1 aromatic heterocycles. The number of hydrogen-bond donors (Lipinski definition) is 1. The van der Waals surface area contributed by atoms with Crippen LogP contribution in [0, 0.1) is 5.82 Å². The lowest BCUT2D eigenvalue weighted by atomic mass is 9.93. The van der Waals surface area contributed by atoms with Crippen molar-refractivity contribution in [2.24, 2.45) is 0 Å². The summed E-state index contributed by atoms with van der Waals surface area (Å²) in [5, 5.41) is 0.803. The first-order valence-electron chi connectivity index (χ1n) is 7.72. The zero-order valence-corrected chi connectivity index (χ0v) is 12.8. The number of likely N-dealkylation sites (N-methyl/N-ethyl adjacent to an activating group) is 1. The maximum absolute atomic E-state index is 13.6. The van der Waals surface area contributed by atoms with Gasteiger partial charge in [-0.15, -0.1) is 0 Å². The van der Waals surface area contributed by atoms with E-state index in [9.17, 15) is 9.18 Å². The Kier molecular flexibility index (Phi) is 3.01. The van der Waals surface area contributed by atoms with Gasteiger partial charge in [-0.1, -0.05) is 18.2 Å². The second-order valence-corrected chi connectivity index (χ2v) is 6.17. The number of para-hydroxylation sites is 1. The number of nitrogens with zero attached hydrogens (tertiary/aromatic N) is 1. The number of aromatic nitrogens is 1. The second-order valence-electron chi connectivity index (χ2n) is 6.17. The SMILES string of the molecule is CN(C(=O)C1(c2c[nH]c3ccc(F)cc23)CC1)c1ccccc1. The maximum atomic E-state index is 13.6. The highest BCUT2D eigenvalue weighted by Gasteiger charge is 2.53. The third-order valence-electron chi connectivity index (χ3n) is 4.77. The molecule has 1 saturated carbocycles. The highest BCUT2D eigenvalue weighted by Crippen LogP contribution is 2.52. The molecule has 0 unspecified atom stereocenters. The molecule has 0 atom stereocenters. The molecule has 4 rings (SSSR count). The topological polar surface area (TPSA) is 36.1 Å². The summed E-state index contributed by atoms with van der Waals surface area (Å²) in [6, 6.07) is 14.3. The number of amides is 1. The van der Waals surface area contributed by atoms with E-state index in [0.29, 0.717) is 0 Å². The fraction of sp³-hybridized carbons (Fsp3) is 0.211. The molecule has 1 amide bonds. The van der Waals surface area contributed by atoms with E-state index in [1.54, 1.807) is 18.0 Å². The molecule has 1 N–H and O–H groups in total. The van der Waals surface area contributed by atoms with Crippen molar-refractivity contribution < 1.29 is 9.18 Å². The van der Waals surface area contributed by atoms with Crippen LogP contribution in [0.4, 0.5) is 10.1 Å². The summed E-state index contributed by atoms with van der Waals surface area (Å²) < 4.78 is 13.6. The first-order chi connectivity index (χ1) is 11.1. The van der Waals surface area contributed by atoms with Crippen LogP contribution >= 0.6 is 0 Å². The molecule has 2 aromatic carbocycles. The van der Waals surface area contributed by atoms with Gasteiger partial charge in [0.2, 0.25) is 5.91 Å². The molecule has 0 aliphatic heterocycles. The number of carbonyl (C=O) groups is 1. The summed E-state index contributed by atoms with van der Waals surface area (Å²) in [5.41, 5.74) is 2.11. The molecule has 3 nitrogen and oxygen atoms in total. The fourth-order valence-corrected chi connectivity index (χ4v) is 3.30. The summed E-state index contributed by atoms with van der Waals surface area (Å²) >= 11 is 0. The van der Waals surface area contributed by atoms with Gasteiger partial charge in [0.1, 0.15) is 5.82 Å². The van der Waals surface area contributed by atoms with E-state index in [2.05, 4.69) is 4.98 Å². The quantitative estimate of drug-likeness (QED) is 0.780. The Morgan fingerprint density at radius 3 is 2.61 bits per heavy atom. The van der Waals surface area contributed by atoms with Crippen LogP contribution in [0.2, 0.25) is 0 Å². The number of benzene rings is 2. The summed E-state index contributed by atoms with van der Waals surface area (Å²) in [7, 11) is 1.80. The summed E-state index contributed by atoms with van der Waals surface area (Å²) in [6.45, 7) is 0. The zero-order valence-electron chi connectivity index (χ0n) is 12.8. The predicted molar refractivity (Wildman–Crippen MR) is 89.0 cm³/mol. The number of H-pyrrole nitrogens is 1. The van der Waals surface area contributed by atoms with Gasteiger partial charge in [-0.3, -0.25) is 4.79 Å². The molecule has 116 valence electrons. The summed E-state index contributed by atoms with van der Waals surface area (Å²) in [5.74, 6) is -0.216. The van der Waals surface area contributed by atoms with Gasteiger partial charge in [-0.25, -0.2) is 4.39 Å². The van der Waals surface area contributed by atoms with Crippen molar-refractivity contribution in [3.63, 3.8) is 0 Å². The van der Waals surface area contributed by atoms with Crippen LogP contribution in [-0.2, 0) is 10.2 Å². The van der Waals surface area contributed by atoms with Gasteiger partial charge in [0, 0.05) is 29.8 Å². The minimum atomic E-state index is -0.531. The van der Waals surface area contributed by atoms with Gasteiger partial charge in [0.25, 0.3) is 0 Å². The first kappa shape index (κ1) is 14.0. The van der Waals surface area contributed by atoms with Crippen molar-refractivity contribution in [1.82, 2.24) is 4.98 Å². The average molecular weight is 308 g/mol. The van der Waals surface area contributed by atoms with Gasteiger partial charge in [-0.05, 0) is 48.7 Å². The van der Waals surface area contributed by atoms with Crippen LogP contribution in [0.1, 0.15) is 18.4 Å². The molecule has 1 aliphatic rings. The lowest BCUT2D eigenvalue weighted by Crippen LogP contribution is -2.36. The van der Waals surface area contributed by atoms with E-state index in [1.807, 2.05) is 36.5 Å². The molecule has 0 saturated heterocycles. The Balaban J connectivity index is 1.75. The molecule has 3 aromatic rings. The number of nitrogens with one attached hydrogen (secondary N) is 1. The highest BCUT2D eigenvalue weighted by atomic mass is 19.1. The fourth-order valence-electron chi connectivity index (χ4n) is 3.30. The number of halogens is 1. The first-order valence-corrected chi connectivity index (χ1v) is 7.72. The van der Waals surface area contributed by atoms with Crippen LogP contribution in [0.25, 0.3) is 10.9 Å². The van der Waals surface area contributed by atoms with Crippen molar-refractivity contribution >= 4 is 22.5 Å². The Bertz CT molecular complexity index is 881. The largest absolute Gasteiger partial charge is 0.361 e. The highest BCUT2D eigenvalue weighted by molar-refractivity contribution is 6.05. The molecule has 23 heavy (non-hydrogen) atoms. The Morgan fingerprint density at radius 1 is 1.17 bits per heavy atom. The number of fused-ring (bicyclic) bond motifs is 1. The molecule has 0 bridgehead atoms. The molecule has 0 radical (unpaired) electrons. The molecule has 1 aliphatic carbocycles. The second kappa shape index (κ2) is 4.95. The standard InChI is InChI=1S/C19H17FN2O/c1-22(14-5-3-2-4-6-14)18(23)19(9-10-19)16-12-21-17-8-7-13(20)11-15(16)17/h2-8,11-12,21H,9-10H2,1H3. The van der Waals surface area contributed by atoms with Crippen molar-refractivity contribution in [3.8, 4) is 0 Å². The van der Waals surface area contributed by atoms with E-state index in [1.165, 1.54) is 12.1 Å². The van der Waals surface area contributed by atoms with Crippen LogP contribution in [0.15, 0.2) is 54.7 Å². The van der Waals surface area contributed by atoms with Crippen molar-refractivity contribution in [3.05, 3.63) is 66.1 Å². The lowest BCUT2D eigenvalue weighted by molar-refractivity contribution is -0.120. The van der Waals surface area contributed by atoms with Crippen LogP contribution in [0.5, 0.6) is 0 Å². The number of hydrogen-bond acceptors (Lipinski definition) is 1. The van der Waals surface area contributed by atoms with Crippen molar-refractivity contribution in [1.29, 1.82) is 0 Å². The van der Waals surface area contributed by atoms with Crippen LogP contribution in [-0.4, -0.2) is 17.9 Å². The summed E-state index contributed by atoms with van der Waals surface area (Å²) in [6.07, 6.45) is 3.45. The van der Waals surface area contributed by atoms with Gasteiger partial charge in [0.15, 0.2) is 0 Å². The number of anilines is 1. The van der Waals surface area contributed by atoms with E-state index in [0.717, 1.165) is 35.0 Å². The number of rotatable bonds is 3. The molecule has 0 spiro atoms. The maximum Gasteiger partial charge on any atom is 0.237 e. The monoisotopic (exact) mass is 308 g/mol. The minimum Gasteiger partial charge on any atom is -0.361 e. The Morgan fingerprint density at radius 2 is 1.91 bits per heavy atom. The third kappa shape index (κ3) is 2.13. The molecule has 1 fully saturated rings. The average Bonchev–Trinajstić information content (AvgIpc) is 3.28. The summed E-state index contributed by atoms with van der Waals surface area (Å²) in [4.78, 5) is 17.9. The van der Waals surface area contributed by atoms with Crippen molar-refractivity contribution in [2.75, 3.05) is 11.9 Å². The van der Waals surface area contributed by atoms with Gasteiger partial charge in [-0.2, -0.15) is 0 Å². The van der Waals surface area contributed by atoms with E-state index in [-0.39, 0.29) is 11.7 Å². The predicted octanol–water partition coefficient (Wildman–Crippen LogP) is 4.00. The Hall–Kier alpha value is -2.62. The molecule has 4 heteroatoms. The molecular formula is C19H17FN2O. The van der Waals surface area contributed by atoms with Gasteiger partial charge in [0.05, 0.1) is 5.41 Å². The zero-order chi connectivity index (χ0) is 16.0. The van der Waals surface area contributed by atoms with Crippen LogP contribution < -0.4 is 4.90 Å². The van der Waals surface area contributed by atoms with Gasteiger partial charge >= 0.3 is 0 Å². The van der Waals surface area contributed by atoms with Crippen molar-refractivity contribution in [2.45, 2.75) is 18.3 Å². The Labute approximate surface area is 133 Å². The lowest BCUT2D eigenvalue weighted by Gasteiger charge is -2.23. The smallest absolute Gasteiger partial charge is 0.237 e. The number of aromatic amines is 1. The van der Waals surface area contributed by atoms with Crippen LogP contribution in [0.3, 0.4) is 0 Å². The number of carbonyl (C=O) groups excluding carboxylic acids is 1. The van der Waals surface area contributed by atoms with E-state index in [4.69, 9.17) is 0 Å². The van der Waals surface area contributed by atoms with E-state index < -0.39 is 5.41 Å².